The fourth-order valence-corrected chi connectivity index (χ4v) is 4.51. The fourth-order valence-electron chi connectivity index (χ4n) is 2.81. The Balaban J connectivity index is 1.57. The summed E-state index contributed by atoms with van der Waals surface area (Å²) in [4.78, 5) is 4.47. The van der Waals surface area contributed by atoms with Crippen LogP contribution < -0.4 is 0 Å². The number of rotatable bonds is 5. The Kier molecular flexibility index (Phi) is 4.98. The zero-order chi connectivity index (χ0) is 17.2. The molecule has 0 amide bonds. The minimum absolute atomic E-state index is 0.000487. The molecule has 1 fully saturated rings. The third-order valence-electron chi connectivity index (χ3n) is 4.12. The van der Waals surface area contributed by atoms with Crippen molar-refractivity contribution in [2.24, 2.45) is 0 Å². The summed E-state index contributed by atoms with van der Waals surface area (Å²) in [5, 5.41) is 3.71. The van der Waals surface area contributed by atoms with Crippen molar-refractivity contribution >= 4 is 10.0 Å². The number of sulfonamides is 1. The standard InChI is InChI=1S/C16H21N3O4S/c1-12-5-3-4-6-15(12)24(20,21)19-9-7-14(8-10-19)22-11-16-17-13(2)18-23-16/h3-6,14H,7-11H2,1-2H3. The zero-order valence-electron chi connectivity index (χ0n) is 13.8. The third kappa shape index (κ3) is 3.66. The molecule has 2 aromatic rings. The zero-order valence-corrected chi connectivity index (χ0v) is 14.6. The predicted octanol–water partition coefficient (Wildman–Crippen LogP) is 2.06. The summed E-state index contributed by atoms with van der Waals surface area (Å²) in [5.41, 5.74) is 0.766. The van der Waals surface area contributed by atoms with E-state index in [2.05, 4.69) is 10.1 Å². The molecule has 0 unspecified atom stereocenters. The molecule has 0 atom stereocenters. The van der Waals surface area contributed by atoms with Gasteiger partial charge in [0.1, 0.15) is 6.61 Å². The lowest BCUT2D eigenvalue weighted by atomic mass is 10.1. The average molecular weight is 351 g/mol. The van der Waals surface area contributed by atoms with Crippen molar-refractivity contribution in [3.63, 3.8) is 0 Å². The second kappa shape index (κ2) is 7.00. The van der Waals surface area contributed by atoms with Crippen LogP contribution in [0.25, 0.3) is 0 Å². The van der Waals surface area contributed by atoms with E-state index in [-0.39, 0.29) is 12.7 Å². The van der Waals surface area contributed by atoms with Crippen LogP contribution in [0.4, 0.5) is 0 Å². The van der Waals surface area contributed by atoms with Crippen molar-refractivity contribution < 1.29 is 17.7 Å². The lowest BCUT2D eigenvalue weighted by molar-refractivity contribution is -0.00119. The molecule has 0 radical (unpaired) electrons. The van der Waals surface area contributed by atoms with E-state index in [0.29, 0.717) is 42.5 Å². The van der Waals surface area contributed by atoms with Gasteiger partial charge in [0, 0.05) is 13.1 Å². The van der Waals surface area contributed by atoms with Crippen LogP contribution in [-0.4, -0.2) is 42.1 Å². The van der Waals surface area contributed by atoms with Gasteiger partial charge in [-0.2, -0.15) is 9.29 Å². The molecule has 1 aromatic carbocycles. The summed E-state index contributed by atoms with van der Waals surface area (Å²) in [6.45, 7) is 4.72. The highest BCUT2D eigenvalue weighted by molar-refractivity contribution is 7.89. The first kappa shape index (κ1) is 17.1. The van der Waals surface area contributed by atoms with E-state index in [9.17, 15) is 8.42 Å². The van der Waals surface area contributed by atoms with Crippen molar-refractivity contribution in [2.45, 2.75) is 44.3 Å². The van der Waals surface area contributed by atoms with Gasteiger partial charge in [-0.3, -0.25) is 0 Å². The number of hydrogen-bond donors (Lipinski definition) is 0. The topological polar surface area (TPSA) is 85.5 Å². The molecule has 1 aliphatic rings. The van der Waals surface area contributed by atoms with Crippen LogP contribution in [0.1, 0.15) is 30.1 Å². The van der Waals surface area contributed by atoms with E-state index in [1.165, 1.54) is 4.31 Å². The van der Waals surface area contributed by atoms with Crippen LogP contribution in [0, 0.1) is 13.8 Å². The average Bonchev–Trinajstić information content (AvgIpc) is 2.99. The van der Waals surface area contributed by atoms with E-state index in [1.807, 2.05) is 19.1 Å². The Morgan fingerprint density at radius 2 is 1.96 bits per heavy atom. The Bertz CT molecular complexity index is 795. The molecule has 0 N–H and O–H groups in total. The van der Waals surface area contributed by atoms with Gasteiger partial charge in [-0.1, -0.05) is 23.4 Å². The maximum Gasteiger partial charge on any atom is 0.252 e. The minimum Gasteiger partial charge on any atom is -0.368 e. The molecular formula is C16H21N3O4S. The lowest BCUT2D eigenvalue weighted by Crippen LogP contribution is -2.41. The largest absolute Gasteiger partial charge is 0.368 e. The van der Waals surface area contributed by atoms with Crippen LogP contribution >= 0.6 is 0 Å². The number of aromatic nitrogens is 2. The van der Waals surface area contributed by atoms with E-state index in [0.717, 1.165) is 5.56 Å². The Labute approximate surface area is 141 Å². The van der Waals surface area contributed by atoms with E-state index >= 15 is 0 Å². The Hall–Kier alpha value is -1.77. The van der Waals surface area contributed by atoms with Gasteiger partial charge in [0.15, 0.2) is 5.82 Å². The highest BCUT2D eigenvalue weighted by Crippen LogP contribution is 2.24. The van der Waals surface area contributed by atoms with Crippen LogP contribution in [0.2, 0.25) is 0 Å². The summed E-state index contributed by atoms with van der Waals surface area (Å²) in [5.74, 6) is 1.02. The molecule has 1 aliphatic heterocycles. The number of ether oxygens (including phenoxy) is 1. The lowest BCUT2D eigenvalue weighted by Gasteiger charge is -2.31. The molecule has 1 aromatic heterocycles. The van der Waals surface area contributed by atoms with Crippen molar-refractivity contribution in [1.82, 2.24) is 14.4 Å². The van der Waals surface area contributed by atoms with Gasteiger partial charge < -0.3 is 9.26 Å². The van der Waals surface area contributed by atoms with E-state index in [4.69, 9.17) is 9.26 Å². The highest BCUT2D eigenvalue weighted by Gasteiger charge is 2.30. The fraction of sp³-hybridized carbons (Fsp3) is 0.500. The number of aryl methyl sites for hydroxylation is 2. The smallest absolute Gasteiger partial charge is 0.252 e. The molecule has 8 heteroatoms. The number of nitrogens with zero attached hydrogens (tertiary/aromatic N) is 3. The number of benzene rings is 1. The maximum atomic E-state index is 12.7. The quantitative estimate of drug-likeness (QED) is 0.820. The molecule has 2 heterocycles. The molecular weight excluding hydrogens is 330 g/mol. The molecule has 1 saturated heterocycles. The molecule has 0 bridgehead atoms. The van der Waals surface area contributed by atoms with Gasteiger partial charge in [0.25, 0.3) is 5.89 Å². The molecule has 0 saturated carbocycles. The predicted molar refractivity (Wildman–Crippen MR) is 86.8 cm³/mol. The normalized spacial score (nSPS) is 17.2. The SMILES string of the molecule is Cc1noc(COC2CCN(S(=O)(=O)c3ccccc3C)CC2)n1. The first-order valence-corrected chi connectivity index (χ1v) is 9.37. The summed E-state index contributed by atoms with van der Waals surface area (Å²) in [7, 11) is -3.44. The monoisotopic (exact) mass is 351 g/mol. The Morgan fingerprint density at radius 3 is 2.58 bits per heavy atom. The van der Waals surface area contributed by atoms with Crippen molar-refractivity contribution in [3.8, 4) is 0 Å². The second-order valence-corrected chi connectivity index (χ2v) is 7.82. The van der Waals surface area contributed by atoms with Crippen LogP contribution in [0.3, 0.4) is 0 Å². The molecule has 24 heavy (non-hydrogen) atoms. The number of piperidine rings is 1. The van der Waals surface area contributed by atoms with Crippen LogP contribution in [0.15, 0.2) is 33.7 Å². The van der Waals surface area contributed by atoms with Crippen molar-refractivity contribution in [2.75, 3.05) is 13.1 Å². The molecule has 0 spiro atoms. The molecule has 7 nitrogen and oxygen atoms in total. The summed E-state index contributed by atoms with van der Waals surface area (Å²) in [6.07, 6.45) is 1.30. The van der Waals surface area contributed by atoms with Crippen molar-refractivity contribution in [3.05, 3.63) is 41.5 Å². The van der Waals surface area contributed by atoms with Gasteiger partial charge in [0.05, 0.1) is 11.0 Å². The third-order valence-corrected chi connectivity index (χ3v) is 6.18. The summed E-state index contributed by atoms with van der Waals surface area (Å²) < 4.78 is 37.8. The van der Waals surface area contributed by atoms with Gasteiger partial charge >= 0.3 is 0 Å². The summed E-state index contributed by atoms with van der Waals surface area (Å²) >= 11 is 0. The van der Waals surface area contributed by atoms with E-state index in [1.54, 1.807) is 19.1 Å². The van der Waals surface area contributed by atoms with Crippen LogP contribution in [-0.2, 0) is 21.4 Å². The first-order chi connectivity index (χ1) is 11.5. The second-order valence-electron chi connectivity index (χ2n) is 5.92. The van der Waals surface area contributed by atoms with Gasteiger partial charge in [0.2, 0.25) is 10.0 Å². The molecule has 0 aliphatic carbocycles. The van der Waals surface area contributed by atoms with Crippen molar-refractivity contribution in [1.29, 1.82) is 0 Å². The minimum atomic E-state index is -3.44. The first-order valence-electron chi connectivity index (χ1n) is 7.93. The Morgan fingerprint density at radius 1 is 1.25 bits per heavy atom. The molecule has 3 rings (SSSR count). The summed E-state index contributed by atoms with van der Waals surface area (Å²) in [6, 6.07) is 7.07. The van der Waals surface area contributed by atoms with Gasteiger partial charge in [-0.05, 0) is 38.3 Å². The van der Waals surface area contributed by atoms with Gasteiger partial charge in [-0.15, -0.1) is 0 Å². The maximum absolute atomic E-state index is 12.7. The number of hydrogen-bond acceptors (Lipinski definition) is 6. The van der Waals surface area contributed by atoms with Gasteiger partial charge in [-0.25, -0.2) is 8.42 Å². The highest BCUT2D eigenvalue weighted by atomic mass is 32.2. The van der Waals surface area contributed by atoms with Crippen LogP contribution in [0.5, 0.6) is 0 Å². The van der Waals surface area contributed by atoms with E-state index < -0.39 is 10.0 Å². The molecule has 130 valence electrons.